The number of carboxylic acid groups (broad SMARTS) is 1. The zero-order valence-electron chi connectivity index (χ0n) is 14.9. The number of ether oxygens (including phenoxy) is 1. The molecule has 0 unspecified atom stereocenters. The van der Waals surface area contributed by atoms with Crippen LogP contribution in [0.25, 0.3) is 0 Å². The number of amides is 2. The van der Waals surface area contributed by atoms with Crippen LogP contribution < -0.4 is 9.64 Å². The van der Waals surface area contributed by atoms with Gasteiger partial charge >= 0.3 is 5.97 Å². The Morgan fingerprint density at radius 3 is 2.56 bits per heavy atom. The number of para-hydroxylation sites is 2. The highest BCUT2D eigenvalue weighted by Crippen LogP contribution is 2.31. The van der Waals surface area contributed by atoms with Crippen molar-refractivity contribution in [3.63, 3.8) is 0 Å². The Morgan fingerprint density at radius 2 is 1.85 bits per heavy atom. The lowest BCUT2D eigenvalue weighted by atomic mass is 10.1. The van der Waals surface area contributed by atoms with Crippen molar-refractivity contribution in [3.05, 3.63) is 59.7 Å². The molecule has 0 fully saturated rings. The molecule has 7 nitrogen and oxygen atoms in total. The first kappa shape index (κ1) is 18.4. The van der Waals surface area contributed by atoms with E-state index in [0.29, 0.717) is 18.0 Å². The second-order valence-electron chi connectivity index (χ2n) is 6.30. The Hall–Kier alpha value is -3.35. The van der Waals surface area contributed by atoms with Crippen molar-refractivity contribution in [1.82, 2.24) is 4.90 Å². The smallest absolute Gasteiger partial charge is 0.335 e. The Bertz CT molecular complexity index is 863. The van der Waals surface area contributed by atoms with Gasteiger partial charge in [0.05, 0.1) is 11.3 Å². The molecular formula is C20H20N2O5. The molecule has 2 amide bonds. The monoisotopic (exact) mass is 368 g/mol. The van der Waals surface area contributed by atoms with E-state index in [-0.39, 0.29) is 37.0 Å². The van der Waals surface area contributed by atoms with Gasteiger partial charge in [0.25, 0.3) is 5.91 Å². The summed E-state index contributed by atoms with van der Waals surface area (Å²) >= 11 is 0. The fourth-order valence-corrected chi connectivity index (χ4v) is 2.91. The van der Waals surface area contributed by atoms with Gasteiger partial charge in [-0.05, 0) is 29.8 Å². The van der Waals surface area contributed by atoms with Crippen molar-refractivity contribution in [2.75, 3.05) is 25.1 Å². The molecule has 0 spiro atoms. The maximum atomic E-state index is 12.4. The maximum Gasteiger partial charge on any atom is 0.335 e. The molecule has 1 heterocycles. The lowest BCUT2D eigenvalue weighted by Gasteiger charge is -2.29. The predicted molar refractivity (Wildman–Crippen MR) is 98.8 cm³/mol. The second-order valence-corrected chi connectivity index (χ2v) is 6.30. The fourth-order valence-electron chi connectivity index (χ4n) is 2.91. The molecule has 0 aliphatic carbocycles. The van der Waals surface area contributed by atoms with Crippen molar-refractivity contribution in [2.45, 2.75) is 13.0 Å². The highest BCUT2D eigenvalue weighted by Gasteiger charge is 2.25. The summed E-state index contributed by atoms with van der Waals surface area (Å²) in [5.74, 6) is -0.625. The van der Waals surface area contributed by atoms with Gasteiger partial charge < -0.3 is 19.6 Å². The van der Waals surface area contributed by atoms with Crippen molar-refractivity contribution in [3.8, 4) is 5.75 Å². The van der Waals surface area contributed by atoms with E-state index < -0.39 is 5.97 Å². The van der Waals surface area contributed by atoms with Crippen LogP contribution in [-0.2, 0) is 16.1 Å². The van der Waals surface area contributed by atoms with Crippen LogP contribution in [-0.4, -0.2) is 48.0 Å². The van der Waals surface area contributed by atoms with E-state index in [4.69, 9.17) is 9.84 Å². The molecule has 27 heavy (non-hydrogen) atoms. The summed E-state index contributed by atoms with van der Waals surface area (Å²) in [5.41, 5.74) is 1.72. The highest BCUT2D eigenvalue weighted by atomic mass is 16.5. The van der Waals surface area contributed by atoms with Gasteiger partial charge in [-0.1, -0.05) is 24.3 Å². The Balaban J connectivity index is 1.59. The average Bonchev–Trinajstić information content (AvgIpc) is 2.67. The molecule has 2 aromatic rings. The number of aromatic carboxylic acids is 1. The maximum absolute atomic E-state index is 12.4. The molecule has 0 aromatic heterocycles. The number of benzene rings is 2. The fraction of sp³-hybridized carbons (Fsp3) is 0.250. The first-order valence-electron chi connectivity index (χ1n) is 8.54. The van der Waals surface area contributed by atoms with Crippen LogP contribution in [0.2, 0.25) is 0 Å². The molecule has 1 aliphatic heterocycles. The van der Waals surface area contributed by atoms with Crippen LogP contribution in [0.3, 0.4) is 0 Å². The number of carboxylic acids is 1. The molecule has 2 aromatic carbocycles. The quantitative estimate of drug-likeness (QED) is 0.844. The summed E-state index contributed by atoms with van der Waals surface area (Å²) in [4.78, 5) is 38.6. The van der Waals surface area contributed by atoms with Gasteiger partial charge in [0.15, 0.2) is 6.61 Å². The van der Waals surface area contributed by atoms with Gasteiger partial charge in [0.2, 0.25) is 5.91 Å². The summed E-state index contributed by atoms with van der Waals surface area (Å²) in [6.07, 6.45) is 0.184. The molecule has 3 rings (SSSR count). The van der Waals surface area contributed by atoms with Crippen LogP contribution in [0.4, 0.5) is 5.69 Å². The molecule has 7 heteroatoms. The minimum absolute atomic E-state index is 0.0308. The first-order chi connectivity index (χ1) is 13.0. The molecule has 0 bridgehead atoms. The van der Waals surface area contributed by atoms with E-state index >= 15 is 0 Å². The van der Waals surface area contributed by atoms with Crippen LogP contribution >= 0.6 is 0 Å². The molecule has 0 atom stereocenters. The number of fused-ring (bicyclic) bond motifs is 1. The number of anilines is 1. The first-order valence-corrected chi connectivity index (χ1v) is 8.54. The van der Waals surface area contributed by atoms with E-state index in [1.54, 1.807) is 41.1 Å². The van der Waals surface area contributed by atoms with Gasteiger partial charge in [-0.25, -0.2) is 4.79 Å². The van der Waals surface area contributed by atoms with Crippen molar-refractivity contribution < 1.29 is 24.2 Å². The van der Waals surface area contributed by atoms with Crippen molar-refractivity contribution in [1.29, 1.82) is 0 Å². The average molecular weight is 368 g/mol. The lowest BCUT2D eigenvalue weighted by molar-refractivity contribution is -0.130. The molecule has 0 saturated heterocycles. The van der Waals surface area contributed by atoms with Crippen molar-refractivity contribution >= 4 is 23.5 Å². The van der Waals surface area contributed by atoms with E-state index in [1.807, 2.05) is 12.1 Å². The summed E-state index contributed by atoms with van der Waals surface area (Å²) < 4.78 is 5.40. The summed E-state index contributed by atoms with van der Waals surface area (Å²) in [7, 11) is 1.68. The summed E-state index contributed by atoms with van der Waals surface area (Å²) in [6, 6.07) is 13.7. The van der Waals surface area contributed by atoms with E-state index in [2.05, 4.69) is 0 Å². The minimum Gasteiger partial charge on any atom is -0.482 e. The van der Waals surface area contributed by atoms with Gasteiger partial charge in [-0.3, -0.25) is 9.59 Å². The third-order valence-corrected chi connectivity index (χ3v) is 4.40. The largest absolute Gasteiger partial charge is 0.482 e. The van der Waals surface area contributed by atoms with E-state index in [1.165, 1.54) is 12.1 Å². The second kappa shape index (κ2) is 7.90. The number of carbonyl (C=O) groups excluding carboxylic acids is 2. The van der Waals surface area contributed by atoms with Gasteiger partial charge in [0.1, 0.15) is 5.75 Å². The number of nitrogens with zero attached hydrogens (tertiary/aromatic N) is 2. The van der Waals surface area contributed by atoms with Crippen LogP contribution in [0.5, 0.6) is 5.75 Å². The Labute approximate surface area is 156 Å². The third kappa shape index (κ3) is 4.25. The molecular weight excluding hydrogens is 348 g/mol. The Kier molecular flexibility index (Phi) is 5.40. The minimum atomic E-state index is -0.985. The predicted octanol–water partition coefficient (Wildman–Crippen LogP) is 2.16. The van der Waals surface area contributed by atoms with E-state index in [9.17, 15) is 14.4 Å². The molecule has 0 saturated carbocycles. The van der Waals surface area contributed by atoms with Gasteiger partial charge in [-0.15, -0.1) is 0 Å². The topological polar surface area (TPSA) is 87.2 Å². The van der Waals surface area contributed by atoms with E-state index in [0.717, 1.165) is 5.56 Å². The zero-order chi connectivity index (χ0) is 19.4. The zero-order valence-corrected chi connectivity index (χ0v) is 14.9. The van der Waals surface area contributed by atoms with Crippen LogP contribution in [0, 0.1) is 0 Å². The summed E-state index contributed by atoms with van der Waals surface area (Å²) in [6.45, 7) is 0.615. The van der Waals surface area contributed by atoms with Crippen molar-refractivity contribution in [2.24, 2.45) is 0 Å². The lowest BCUT2D eigenvalue weighted by Crippen LogP contribution is -2.41. The molecule has 1 aliphatic rings. The molecule has 140 valence electrons. The number of carbonyl (C=O) groups is 3. The molecule has 1 N–H and O–H groups in total. The Morgan fingerprint density at radius 1 is 1.15 bits per heavy atom. The normalized spacial score (nSPS) is 12.9. The van der Waals surface area contributed by atoms with Gasteiger partial charge in [0, 0.05) is 26.6 Å². The standard InChI is InChI=1S/C20H20N2O5/c1-21(12-14-6-8-15(9-7-14)20(25)26)18(23)10-11-22-16-4-2-3-5-17(16)27-13-19(22)24/h2-9H,10-13H2,1H3,(H,25,26). The number of hydrogen-bond acceptors (Lipinski definition) is 4. The summed E-state index contributed by atoms with van der Waals surface area (Å²) in [5, 5.41) is 8.93. The SMILES string of the molecule is CN(Cc1ccc(C(=O)O)cc1)C(=O)CCN1C(=O)COc2ccccc21. The number of hydrogen-bond donors (Lipinski definition) is 1. The third-order valence-electron chi connectivity index (χ3n) is 4.40. The van der Waals surface area contributed by atoms with Crippen LogP contribution in [0.1, 0.15) is 22.3 Å². The highest BCUT2D eigenvalue weighted by molar-refractivity contribution is 5.98. The molecule has 0 radical (unpaired) electrons. The van der Waals surface area contributed by atoms with Gasteiger partial charge in [-0.2, -0.15) is 0 Å². The van der Waals surface area contributed by atoms with Crippen LogP contribution in [0.15, 0.2) is 48.5 Å². The number of rotatable bonds is 6.